The molecule has 1 fully saturated rings. The smallest absolute Gasteiger partial charge is 0.410 e. The fourth-order valence-corrected chi connectivity index (χ4v) is 3.91. The van der Waals surface area contributed by atoms with Crippen LogP contribution in [0.4, 0.5) is 34.1 Å². The van der Waals surface area contributed by atoms with Crippen LogP contribution in [0.3, 0.4) is 0 Å². The predicted molar refractivity (Wildman–Crippen MR) is 127 cm³/mol. The van der Waals surface area contributed by atoms with Crippen LogP contribution in [-0.4, -0.2) is 54.0 Å². The van der Waals surface area contributed by atoms with Crippen molar-refractivity contribution in [2.45, 2.75) is 51.5 Å². The van der Waals surface area contributed by atoms with Gasteiger partial charge in [0.15, 0.2) is 6.29 Å². The van der Waals surface area contributed by atoms with Crippen molar-refractivity contribution < 1.29 is 37.3 Å². The molecule has 0 radical (unpaired) electrons. The summed E-state index contributed by atoms with van der Waals surface area (Å²) in [5, 5.41) is 12.2. The summed E-state index contributed by atoms with van der Waals surface area (Å²) in [5.74, 6) is -2.68. The molecule has 0 aliphatic carbocycles. The Labute approximate surface area is 207 Å². The summed E-state index contributed by atoms with van der Waals surface area (Å²) in [6.07, 6.45) is -1.44. The number of nitrogens with zero attached hydrogens (tertiary/aromatic N) is 2. The number of carbonyl (C=O) groups excluding carboxylic acids is 2. The van der Waals surface area contributed by atoms with E-state index in [1.54, 1.807) is 20.8 Å². The van der Waals surface area contributed by atoms with Crippen LogP contribution in [0.2, 0.25) is 0 Å². The first kappa shape index (κ1) is 27.3. The first-order chi connectivity index (χ1) is 16.9. The first-order valence-corrected chi connectivity index (χ1v) is 11.4. The minimum Gasteiger partial charge on any atom is -0.444 e. The Morgan fingerprint density at radius 3 is 2.36 bits per heavy atom. The Morgan fingerprint density at radius 1 is 1.11 bits per heavy atom. The van der Waals surface area contributed by atoms with E-state index in [-0.39, 0.29) is 30.0 Å². The molecule has 0 spiro atoms. The largest absolute Gasteiger partial charge is 0.444 e. The van der Waals surface area contributed by atoms with Crippen LogP contribution in [0.15, 0.2) is 36.4 Å². The number of piperidine rings is 1. The summed E-state index contributed by atoms with van der Waals surface area (Å²) in [7, 11) is 1.14. The normalized spacial score (nSPS) is 15.4. The molecule has 36 heavy (non-hydrogen) atoms. The van der Waals surface area contributed by atoms with Crippen LogP contribution in [0.1, 0.15) is 45.5 Å². The van der Waals surface area contributed by atoms with Gasteiger partial charge in [0.05, 0.1) is 5.69 Å². The van der Waals surface area contributed by atoms with Gasteiger partial charge >= 0.3 is 12.1 Å². The van der Waals surface area contributed by atoms with Crippen LogP contribution in [0.25, 0.3) is 0 Å². The number of hydrogen-bond acceptors (Lipinski definition) is 5. The SMILES string of the molecule is COC(O)c1cc(NC(=O)N(c2cccc(F)c2)C2CCN(C(=O)OC(C)(C)C)CC2)c(F)cc1F. The molecule has 1 aliphatic heterocycles. The molecule has 0 saturated carbocycles. The molecule has 1 heterocycles. The van der Waals surface area contributed by atoms with Gasteiger partial charge in [0.25, 0.3) is 0 Å². The van der Waals surface area contributed by atoms with Crippen molar-refractivity contribution >= 4 is 23.5 Å². The maximum absolute atomic E-state index is 14.5. The van der Waals surface area contributed by atoms with Crippen molar-refractivity contribution in [1.82, 2.24) is 4.90 Å². The maximum Gasteiger partial charge on any atom is 0.410 e. The fourth-order valence-electron chi connectivity index (χ4n) is 3.91. The Morgan fingerprint density at radius 2 is 1.78 bits per heavy atom. The Kier molecular flexibility index (Phi) is 8.47. The van der Waals surface area contributed by atoms with Crippen molar-refractivity contribution in [1.29, 1.82) is 0 Å². The summed E-state index contributed by atoms with van der Waals surface area (Å²) in [5.41, 5.74) is -1.18. The molecule has 0 aromatic heterocycles. The van der Waals surface area contributed by atoms with Gasteiger partial charge in [0, 0.05) is 43.6 Å². The van der Waals surface area contributed by atoms with Crippen LogP contribution < -0.4 is 10.2 Å². The average Bonchev–Trinajstić information content (AvgIpc) is 2.80. The van der Waals surface area contributed by atoms with Gasteiger partial charge in [0.2, 0.25) is 0 Å². The Hall–Kier alpha value is -3.31. The maximum atomic E-state index is 14.5. The zero-order valence-corrected chi connectivity index (χ0v) is 20.6. The van der Waals surface area contributed by atoms with Gasteiger partial charge < -0.3 is 24.8 Å². The molecule has 3 rings (SSSR count). The van der Waals surface area contributed by atoms with Crippen molar-refractivity contribution in [3.63, 3.8) is 0 Å². The number of urea groups is 1. The van der Waals surface area contributed by atoms with E-state index in [1.165, 1.54) is 34.1 Å². The molecular formula is C25H30F3N3O5. The van der Waals surface area contributed by atoms with Crippen LogP contribution in [0.5, 0.6) is 0 Å². The van der Waals surface area contributed by atoms with E-state index in [4.69, 9.17) is 4.74 Å². The fraction of sp³-hybridized carbons (Fsp3) is 0.440. The molecule has 196 valence electrons. The molecule has 8 nitrogen and oxygen atoms in total. The highest BCUT2D eigenvalue weighted by Gasteiger charge is 2.33. The number of methoxy groups -OCH3 is 1. The number of ether oxygens (including phenoxy) is 2. The second kappa shape index (κ2) is 11.2. The van der Waals surface area contributed by atoms with Gasteiger partial charge in [-0.25, -0.2) is 22.8 Å². The molecule has 0 bridgehead atoms. The van der Waals surface area contributed by atoms with E-state index in [9.17, 15) is 27.9 Å². The highest BCUT2D eigenvalue weighted by molar-refractivity contribution is 6.02. The lowest BCUT2D eigenvalue weighted by molar-refractivity contribution is -0.0790. The molecule has 1 unspecified atom stereocenters. The standard InChI is InChI=1S/C25H30F3N3O5/c1-25(2,3)36-24(34)30-10-8-16(9-11-30)31(17-7-5-6-15(26)12-17)23(33)29-21-13-18(22(32)35-4)19(27)14-20(21)28/h5-7,12-14,16,22,32H,8-11H2,1-4H3,(H,29,33). The predicted octanol–water partition coefficient (Wildman–Crippen LogP) is 5.18. The van der Waals surface area contributed by atoms with Crippen LogP contribution >= 0.6 is 0 Å². The number of hydrogen-bond donors (Lipinski definition) is 2. The molecule has 1 saturated heterocycles. The van der Waals surface area contributed by atoms with Crippen molar-refractivity contribution in [3.05, 3.63) is 59.4 Å². The molecule has 2 aromatic carbocycles. The summed E-state index contributed by atoms with van der Waals surface area (Å²) < 4.78 is 52.7. The number of likely N-dealkylation sites (tertiary alicyclic amines) is 1. The van der Waals surface area contributed by atoms with E-state index >= 15 is 0 Å². The third-order valence-electron chi connectivity index (χ3n) is 5.60. The van der Waals surface area contributed by atoms with Gasteiger partial charge in [0.1, 0.15) is 23.1 Å². The quantitative estimate of drug-likeness (QED) is 0.542. The monoisotopic (exact) mass is 509 g/mol. The molecular weight excluding hydrogens is 479 g/mol. The zero-order chi connectivity index (χ0) is 26.6. The minimum absolute atomic E-state index is 0.225. The molecule has 2 N–H and O–H groups in total. The number of benzene rings is 2. The van der Waals surface area contributed by atoms with Gasteiger partial charge in [-0.05, 0) is 57.9 Å². The minimum atomic E-state index is -1.67. The van der Waals surface area contributed by atoms with E-state index in [0.29, 0.717) is 18.9 Å². The number of halogens is 3. The molecule has 1 aliphatic rings. The van der Waals surface area contributed by atoms with E-state index in [2.05, 4.69) is 10.1 Å². The van der Waals surface area contributed by atoms with Gasteiger partial charge in [-0.15, -0.1) is 0 Å². The second-order valence-electron chi connectivity index (χ2n) is 9.42. The van der Waals surface area contributed by atoms with E-state index in [0.717, 1.165) is 13.2 Å². The van der Waals surface area contributed by atoms with Crippen molar-refractivity contribution in [2.75, 3.05) is 30.4 Å². The van der Waals surface area contributed by atoms with Gasteiger partial charge in [-0.1, -0.05) is 6.07 Å². The Bertz CT molecular complexity index is 1100. The number of aliphatic hydroxyl groups excluding tert-OH is 1. The highest BCUT2D eigenvalue weighted by atomic mass is 19.1. The lowest BCUT2D eigenvalue weighted by atomic mass is 10.0. The third kappa shape index (κ3) is 6.67. The second-order valence-corrected chi connectivity index (χ2v) is 9.42. The lowest BCUT2D eigenvalue weighted by Crippen LogP contribution is -2.51. The topological polar surface area (TPSA) is 91.3 Å². The van der Waals surface area contributed by atoms with E-state index in [1.807, 2.05) is 0 Å². The number of anilines is 2. The van der Waals surface area contributed by atoms with Crippen molar-refractivity contribution in [2.24, 2.45) is 0 Å². The van der Waals surface area contributed by atoms with Crippen molar-refractivity contribution in [3.8, 4) is 0 Å². The highest BCUT2D eigenvalue weighted by Crippen LogP contribution is 2.29. The molecule has 11 heteroatoms. The molecule has 3 amide bonds. The summed E-state index contributed by atoms with van der Waals surface area (Å²) in [6.45, 7) is 5.86. The van der Waals surface area contributed by atoms with E-state index < -0.39 is 47.5 Å². The zero-order valence-electron chi connectivity index (χ0n) is 20.6. The first-order valence-electron chi connectivity index (χ1n) is 11.4. The average molecular weight is 510 g/mol. The van der Waals surface area contributed by atoms with Crippen LogP contribution in [0, 0.1) is 17.5 Å². The third-order valence-corrected chi connectivity index (χ3v) is 5.60. The number of nitrogens with one attached hydrogen (secondary N) is 1. The number of carbonyl (C=O) groups is 2. The molecule has 2 aromatic rings. The number of amides is 3. The number of aliphatic hydroxyl groups is 1. The number of rotatable bonds is 5. The summed E-state index contributed by atoms with van der Waals surface area (Å²) >= 11 is 0. The summed E-state index contributed by atoms with van der Waals surface area (Å²) in [4.78, 5) is 28.6. The van der Waals surface area contributed by atoms with Gasteiger partial charge in [-0.2, -0.15) is 0 Å². The van der Waals surface area contributed by atoms with Gasteiger partial charge in [-0.3, -0.25) is 4.90 Å². The molecule has 1 atom stereocenters. The Balaban J connectivity index is 1.84. The lowest BCUT2D eigenvalue weighted by Gasteiger charge is -2.38. The summed E-state index contributed by atoms with van der Waals surface area (Å²) in [6, 6.07) is 5.57. The van der Waals surface area contributed by atoms with Crippen LogP contribution in [-0.2, 0) is 9.47 Å².